The van der Waals surface area contributed by atoms with Crippen LogP contribution in [-0.4, -0.2) is 14.5 Å². The standard InChI is InChI=1S/C10H13O.2CH3.Al/c1-8-6-4-5-7-9(8)10(2,3)11;;;/h4-7H,1-3H3;2*1H3;/q-1;;;+1. The SMILES string of the molecule is Cc1ccccc1C(C)(C)[O][Al]([CH3])[CH3]. The van der Waals surface area contributed by atoms with Gasteiger partial charge in [-0.1, -0.05) is 35.8 Å². The zero-order chi connectivity index (χ0) is 10.8. The number of benzene rings is 1. The second kappa shape index (κ2) is 4.49. The summed E-state index contributed by atoms with van der Waals surface area (Å²) >= 11 is -0.986. The molecule has 0 aliphatic carbocycles. The Hall–Kier alpha value is -0.288. The van der Waals surface area contributed by atoms with Crippen LogP contribution in [0.3, 0.4) is 0 Å². The molecule has 1 aromatic carbocycles. The van der Waals surface area contributed by atoms with Crippen LogP contribution in [0.25, 0.3) is 0 Å². The van der Waals surface area contributed by atoms with Crippen LogP contribution in [0, 0.1) is 6.92 Å². The van der Waals surface area contributed by atoms with Crippen molar-refractivity contribution in [1.29, 1.82) is 0 Å². The van der Waals surface area contributed by atoms with Crippen molar-refractivity contribution in [3.05, 3.63) is 35.4 Å². The molecule has 0 spiro atoms. The first-order chi connectivity index (χ1) is 6.43. The second-order valence-electron chi connectivity index (χ2n) is 4.49. The Kier molecular flexibility index (Phi) is 3.78. The lowest BCUT2D eigenvalue weighted by Gasteiger charge is -2.30. The Morgan fingerprint density at radius 3 is 2.21 bits per heavy atom. The lowest BCUT2D eigenvalue weighted by molar-refractivity contribution is 0.108. The molecule has 0 unspecified atom stereocenters. The second-order valence-corrected chi connectivity index (χ2v) is 6.83. The van der Waals surface area contributed by atoms with Crippen molar-refractivity contribution >= 4 is 14.5 Å². The predicted octanol–water partition coefficient (Wildman–Crippen LogP) is 3.50. The molecule has 0 aromatic heterocycles. The van der Waals surface area contributed by atoms with Gasteiger partial charge in [0.05, 0.1) is 5.60 Å². The van der Waals surface area contributed by atoms with Gasteiger partial charge in [-0.05, 0) is 31.9 Å². The fourth-order valence-corrected chi connectivity index (χ4v) is 3.21. The summed E-state index contributed by atoms with van der Waals surface area (Å²) < 4.78 is 6.04. The zero-order valence-electron chi connectivity index (χ0n) is 9.79. The maximum Gasteiger partial charge on any atom is 0.454 e. The monoisotopic (exact) mass is 206 g/mol. The van der Waals surface area contributed by atoms with Crippen molar-refractivity contribution in [3.8, 4) is 0 Å². The molecule has 14 heavy (non-hydrogen) atoms. The minimum atomic E-state index is -0.986. The first-order valence-electron chi connectivity index (χ1n) is 5.17. The molecule has 1 aromatic rings. The summed E-state index contributed by atoms with van der Waals surface area (Å²) in [5.74, 6) is 4.42. The minimum absolute atomic E-state index is 0.133. The molecule has 2 heteroatoms. The molecule has 0 amide bonds. The molecule has 0 saturated carbocycles. The van der Waals surface area contributed by atoms with Crippen molar-refractivity contribution < 1.29 is 3.79 Å². The summed E-state index contributed by atoms with van der Waals surface area (Å²) in [5.41, 5.74) is 2.49. The van der Waals surface area contributed by atoms with E-state index < -0.39 is 14.5 Å². The fraction of sp³-hybridized carbons (Fsp3) is 0.500. The molecule has 0 radical (unpaired) electrons. The summed E-state index contributed by atoms with van der Waals surface area (Å²) in [5, 5.41) is 0. The summed E-state index contributed by atoms with van der Waals surface area (Å²) in [6.45, 7) is 6.45. The van der Waals surface area contributed by atoms with Crippen molar-refractivity contribution in [2.75, 3.05) is 0 Å². The Labute approximate surface area is 91.8 Å². The van der Waals surface area contributed by atoms with Crippen LogP contribution in [0.4, 0.5) is 0 Å². The smallest absolute Gasteiger partial charge is 0.454 e. The maximum atomic E-state index is 6.04. The normalized spacial score (nSPS) is 11.5. The molecule has 0 saturated heterocycles. The Morgan fingerprint density at radius 2 is 1.71 bits per heavy atom. The number of rotatable bonds is 3. The van der Waals surface area contributed by atoms with Crippen molar-refractivity contribution in [2.24, 2.45) is 0 Å². The molecule has 1 rings (SSSR count). The van der Waals surface area contributed by atoms with Gasteiger partial charge in [-0.3, -0.25) is 0 Å². The summed E-state index contributed by atoms with van der Waals surface area (Å²) in [4.78, 5) is 0. The highest BCUT2D eigenvalue weighted by Crippen LogP contribution is 2.27. The molecule has 0 fully saturated rings. The van der Waals surface area contributed by atoms with E-state index in [9.17, 15) is 0 Å². The summed E-state index contributed by atoms with van der Waals surface area (Å²) in [6, 6.07) is 8.45. The highest BCUT2D eigenvalue weighted by atomic mass is 27.2. The van der Waals surface area contributed by atoms with Crippen molar-refractivity contribution in [3.63, 3.8) is 0 Å². The Balaban J connectivity index is 2.97. The van der Waals surface area contributed by atoms with E-state index in [0.717, 1.165) is 0 Å². The lowest BCUT2D eigenvalue weighted by atomic mass is 9.94. The highest BCUT2D eigenvalue weighted by molar-refractivity contribution is 6.48. The molecule has 0 aliphatic rings. The van der Waals surface area contributed by atoms with Crippen LogP contribution in [-0.2, 0) is 9.39 Å². The van der Waals surface area contributed by atoms with Gasteiger partial charge < -0.3 is 3.79 Å². The summed E-state index contributed by atoms with van der Waals surface area (Å²) in [7, 11) is 0. The molecule has 76 valence electrons. The average molecular weight is 206 g/mol. The Bertz CT molecular complexity index is 305. The van der Waals surface area contributed by atoms with Gasteiger partial charge in [-0.2, -0.15) is 0 Å². The van der Waals surface area contributed by atoms with Gasteiger partial charge in [0, 0.05) is 0 Å². The van der Waals surface area contributed by atoms with E-state index in [2.05, 4.69) is 56.6 Å². The Morgan fingerprint density at radius 1 is 1.14 bits per heavy atom. The van der Waals surface area contributed by atoms with Crippen LogP contribution in [0.15, 0.2) is 24.3 Å². The zero-order valence-corrected chi connectivity index (χ0v) is 10.9. The van der Waals surface area contributed by atoms with E-state index in [1.54, 1.807) is 0 Å². The molecule has 0 bridgehead atoms. The van der Waals surface area contributed by atoms with Gasteiger partial charge in [0.15, 0.2) is 0 Å². The third-order valence-electron chi connectivity index (χ3n) is 2.32. The van der Waals surface area contributed by atoms with Gasteiger partial charge >= 0.3 is 14.5 Å². The first-order valence-corrected chi connectivity index (χ1v) is 7.95. The van der Waals surface area contributed by atoms with Crippen LogP contribution >= 0.6 is 0 Å². The lowest BCUT2D eigenvalue weighted by Crippen LogP contribution is -2.28. The number of hydrogen-bond acceptors (Lipinski definition) is 1. The van der Waals surface area contributed by atoms with Gasteiger partial charge in [-0.25, -0.2) is 0 Å². The summed E-state index contributed by atoms with van der Waals surface area (Å²) in [6.07, 6.45) is 0. The molecule has 0 heterocycles. The third-order valence-corrected chi connectivity index (χ3v) is 3.38. The van der Waals surface area contributed by atoms with Gasteiger partial charge in [0.1, 0.15) is 0 Å². The molecule has 0 atom stereocenters. The van der Waals surface area contributed by atoms with E-state index in [0.29, 0.717) is 0 Å². The fourth-order valence-electron chi connectivity index (χ4n) is 1.90. The van der Waals surface area contributed by atoms with E-state index in [1.165, 1.54) is 11.1 Å². The quantitative estimate of drug-likeness (QED) is 0.688. The first kappa shape index (κ1) is 11.8. The topological polar surface area (TPSA) is 9.23 Å². The van der Waals surface area contributed by atoms with Gasteiger partial charge in [0.2, 0.25) is 0 Å². The third kappa shape index (κ3) is 2.85. The highest BCUT2D eigenvalue weighted by Gasteiger charge is 2.24. The van der Waals surface area contributed by atoms with E-state index in [1.807, 2.05) is 0 Å². The largest absolute Gasteiger partial charge is 0.493 e. The van der Waals surface area contributed by atoms with Gasteiger partial charge in [-0.15, -0.1) is 0 Å². The van der Waals surface area contributed by atoms with Crippen LogP contribution in [0.2, 0.25) is 11.6 Å². The van der Waals surface area contributed by atoms with Gasteiger partial charge in [0.25, 0.3) is 0 Å². The van der Waals surface area contributed by atoms with Crippen LogP contribution < -0.4 is 0 Å². The van der Waals surface area contributed by atoms with E-state index in [-0.39, 0.29) is 5.60 Å². The van der Waals surface area contributed by atoms with Crippen LogP contribution in [0.5, 0.6) is 0 Å². The average Bonchev–Trinajstić information content (AvgIpc) is 2.02. The van der Waals surface area contributed by atoms with E-state index >= 15 is 0 Å². The van der Waals surface area contributed by atoms with Crippen molar-refractivity contribution in [2.45, 2.75) is 37.9 Å². The molecular weight excluding hydrogens is 187 g/mol. The van der Waals surface area contributed by atoms with Crippen LogP contribution in [0.1, 0.15) is 25.0 Å². The predicted molar refractivity (Wildman–Crippen MR) is 62.8 cm³/mol. The molecular formula is C12H19AlO. The van der Waals surface area contributed by atoms with Crippen molar-refractivity contribution in [1.82, 2.24) is 0 Å². The molecule has 1 nitrogen and oxygen atoms in total. The minimum Gasteiger partial charge on any atom is -0.493 e. The molecule has 0 aliphatic heterocycles. The van der Waals surface area contributed by atoms with E-state index in [4.69, 9.17) is 3.79 Å². The number of hydrogen-bond donors (Lipinski definition) is 0. The maximum absolute atomic E-state index is 6.04. The molecule has 0 N–H and O–H groups in total. The number of aryl methyl sites for hydroxylation is 1.